The molecule has 0 saturated heterocycles. The highest BCUT2D eigenvalue weighted by molar-refractivity contribution is 7.99. The third-order valence-corrected chi connectivity index (χ3v) is 6.42. The Bertz CT molecular complexity index is 1290. The topological polar surface area (TPSA) is 85.2 Å². The molecule has 7 nitrogen and oxygen atoms in total. The fourth-order valence-electron chi connectivity index (χ4n) is 2.96. The van der Waals surface area contributed by atoms with Crippen LogP contribution in [0.1, 0.15) is 11.1 Å². The van der Waals surface area contributed by atoms with Crippen molar-refractivity contribution in [3.8, 4) is 17.1 Å². The molecule has 0 aliphatic heterocycles. The van der Waals surface area contributed by atoms with Gasteiger partial charge in [-0.25, -0.2) is 4.98 Å². The summed E-state index contributed by atoms with van der Waals surface area (Å²) in [6, 6.07) is 13.6. The summed E-state index contributed by atoms with van der Waals surface area (Å²) in [7, 11) is 1.58. The van der Waals surface area contributed by atoms with Crippen molar-refractivity contribution in [2.75, 3.05) is 12.9 Å². The van der Waals surface area contributed by atoms with Gasteiger partial charge < -0.3 is 9.30 Å². The van der Waals surface area contributed by atoms with Crippen LogP contribution in [-0.2, 0) is 11.3 Å². The number of ether oxygens (including phenoxy) is 1. The van der Waals surface area contributed by atoms with Crippen molar-refractivity contribution >= 4 is 40.6 Å². The molecule has 1 amide bonds. The minimum Gasteiger partial charge on any atom is -0.496 e. The number of benzene rings is 2. The van der Waals surface area contributed by atoms with Crippen LogP contribution in [-0.4, -0.2) is 38.5 Å². The largest absolute Gasteiger partial charge is 0.496 e. The molecular formula is C22H20ClN5O2S2. The third-order valence-electron chi connectivity index (χ3n) is 4.56. The number of hydrogen-bond donors (Lipinski definition) is 1. The van der Waals surface area contributed by atoms with E-state index in [0.717, 1.165) is 5.56 Å². The molecule has 32 heavy (non-hydrogen) atoms. The predicted octanol–water partition coefficient (Wildman–Crippen LogP) is 4.57. The van der Waals surface area contributed by atoms with Gasteiger partial charge in [0.05, 0.1) is 18.4 Å². The standard InChI is InChI=1S/C22H20ClN5O2S2/c1-14-3-5-15(6-4-14)12-28-9-10-31-22(28)24-19(29)13-32-21-25-20(26-27-21)17-11-16(23)7-8-18(17)30-2/h3-11H,12-13H2,1-2H3,(H,25,26,27). The Morgan fingerprint density at radius 1 is 1.28 bits per heavy atom. The summed E-state index contributed by atoms with van der Waals surface area (Å²) in [5.41, 5.74) is 3.07. The SMILES string of the molecule is COc1ccc(Cl)cc1-c1nc(SCC(=O)N=c2sccn2Cc2ccc(C)cc2)n[nH]1. The number of aromatic nitrogens is 4. The second-order valence-corrected chi connectivity index (χ2v) is 9.16. The highest BCUT2D eigenvalue weighted by Crippen LogP contribution is 2.31. The van der Waals surface area contributed by atoms with Crippen LogP contribution < -0.4 is 9.54 Å². The number of H-pyrrole nitrogens is 1. The fourth-order valence-corrected chi connectivity index (χ4v) is 4.46. The van der Waals surface area contributed by atoms with Crippen LogP contribution in [0.4, 0.5) is 0 Å². The fraction of sp³-hybridized carbons (Fsp3) is 0.182. The average molecular weight is 486 g/mol. The molecule has 0 aliphatic rings. The van der Waals surface area contributed by atoms with E-state index in [4.69, 9.17) is 16.3 Å². The van der Waals surface area contributed by atoms with Gasteiger partial charge in [-0.2, -0.15) is 4.99 Å². The highest BCUT2D eigenvalue weighted by atomic mass is 35.5. The summed E-state index contributed by atoms with van der Waals surface area (Å²) in [6.07, 6.45) is 1.93. The molecule has 2 heterocycles. The van der Waals surface area contributed by atoms with E-state index in [9.17, 15) is 4.79 Å². The lowest BCUT2D eigenvalue weighted by atomic mass is 10.1. The first-order chi connectivity index (χ1) is 15.5. The minimum atomic E-state index is -0.248. The van der Waals surface area contributed by atoms with Crippen LogP contribution in [0.15, 0.2) is 64.2 Å². The number of rotatable bonds is 7. The number of halogens is 1. The van der Waals surface area contributed by atoms with E-state index in [1.54, 1.807) is 25.3 Å². The number of amides is 1. The van der Waals surface area contributed by atoms with Crippen LogP contribution in [0, 0.1) is 6.92 Å². The number of thiazole rings is 1. The van der Waals surface area contributed by atoms with Crippen LogP contribution in [0.5, 0.6) is 5.75 Å². The van der Waals surface area contributed by atoms with Crippen molar-refractivity contribution in [3.63, 3.8) is 0 Å². The van der Waals surface area contributed by atoms with Crippen LogP contribution in [0.2, 0.25) is 5.02 Å². The second-order valence-electron chi connectivity index (χ2n) is 6.90. The van der Waals surface area contributed by atoms with Crippen LogP contribution in [0.3, 0.4) is 0 Å². The molecule has 0 atom stereocenters. The molecule has 0 fully saturated rings. The van der Waals surface area contributed by atoms with E-state index < -0.39 is 0 Å². The maximum absolute atomic E-state index is 12.5. The second kappa shape index (κ2) is 10.2. The molecular weight excluding hydrogens is 466 g/mol. The van der Waals surface area contributed by atoms with E-state index in [1.807, 2.05) is 16.1 Å². The number of nitrogens with zero attached hydrogens (tertiary/aromatic N) is 4. The Balaban J connectivity index is 1.42. The van der Waals surface area contributed by atoms with E-state index in [0.29, 0.717) is 38.7 Å². The van der Waals surface area contributed by atoms with Gasteiger partial charge in [-0.05, 0) is 30.7 Å². The number of thioether (sulfide) groups is 1. The van der Waals surface area contributed by atoms with Crippen molar-refractivity contribution < 1.29 is 9.53 Å². The smallest absolute Gasteiger partial charge is 0.258 e. The molecule has 0 unspecified atom stereocenters. The van der Waals surface area contributed by atoms with E-state index >= 15 is 0 Å². The maximum atomic E-state index is 12.5. The molecule has 0 radical (unpaired) electrons. The Hall–Kier alpha value is -2.88. The number of methoxy groups -OCH3 is 1. The Labute approximate surface area is 198 Å². The summed E-state index contributed by atoms with van der Waals surface area (Å²) in [6.45, 7) is 2.72. The molecule has 2 aromatic carbocycles. The zero-order valence-electron chi connectivity index (χ0n) is 17.4. The van der Waals surface area contributed by atoms with Gasteiger partial charge in [0.1, 0.15) is 5.75 Å². The molecule has 10 heteroatoms. The number of nitrogens with one attached hydrogen (secondary N) is 1. The normalized spacial score (nSPS) is 11.7. The summed E-state index contributed by atoms with van der Waals surface area (Å²) in [4.78, 5) is 21.8. The number of carbonyl (C=O) groups excluding carboxylic acids is 1. The molecule has 0 saturated carbocycles. The third kappa shape index (κ3) is 5.48. The highest BCUT2D eigenvalue weighted by Gasteiger charge is 2.13. The van der Waals surface area contributed by atoms with Gasteiger partial charge in [0.15, 0.2) is 10.6 Å². The Morgan fingerprint density at radius 2 is 2.09 bits per heavy atom. The zero-order chi connectivity index (χ0) is 22.5. The Kier molecular flexibility index (Phi) is 7.09. The quantitative estimate of drug-likeness (QED) is 0.387. The van der Waals surface area contributed by atoms with E-state index in [1.165, 1.54) is 28.7 Å². The van der Waals surface area contributed by atoms with Crippen molar-refractivity contribution in [2.24, 2.45) is 4.99 Å². The summed E-state index contributed by atoms with van der Waals surface area (Å²) >= 11 is 8.74. The van der Waals surface area contributed by atoms with Gasteiger partial charge >= 0.3 is 0 Å². The van der Waals surface area contributed by atoms with Gasteiger partial charge in [0.25, 0.3) is 5.91 Å². The molecule has 4 aromatic rings. The van der Waals surface area contributed by atoms with E-state index in [2.05, 4.69) is 51.4 Å². The molecule has 0 aliphatic carbocycles. The summed E-state index contributed by atoms with van der Waals surface area (Å²) in [5, 5.41) is 9.99. The number of hydrogen-bond acceptors (Lipinski definition) is 6. The molecule has 4 rings (SSSR count). The van der Waals surface area contributed by atoms with Gasteiger partial charge in [0.2, 0.25) is 5.16 Å². The number of aromatic amines is 1. The van der Waals surface area contributed by atoms with Gasteiger partial charge in [-0.3, -0.25) is 9.89 Å². The first-order valence-corrected chi connectivity index (χ1v) is 11.9. The first-order valence-electron chi connectivity index (χ1n) is 9.68. The minimum absolute atomic E-state index is 0.131. The molecule has 1 N–H and O–H groups in total. The lowest BCUT2D eigenvalue weighted by Crippen LogP contribution is -2.17. The van der Waals surface area contributed by atoms with Crippen molar-refractivity contribution in [1.29, 1.82) is 0 Å². The molecule has 2 aromatic heterocycles. The van der Waals surface area contributed by atoms with Crippen LogP contribution >= 0.6 is 34.7 Å². The summed E-state index contributed by atoms with van der Waals surface area (Å²) in [5.74, 6) is 1.03. The number of aryl methyl sites for hydroxylation is 1. The average Bonchev–Trinajstić information content (AvgIpc) is 3.43. The first kappa shape index (κ1) is 22.3. The van der Waals surface area contributed by atoms with Gasteiger partial charge in [0, 0.05) is 23.1 Å². The van der Waals surface area contributed by atoms with Crippen molar-refractivity contribution in [1.82, 2.24) is 19.7 Å². The summed E-state index contributed by atoms with van der Waals surface area (Å²) < 4.78 is 7.32. The zero-order valence-corrected chi connectivity index (χ0v) is 19.8. The molecule has 164 valence electrons. The predicted molar refractivity (Wildman–Crippen MR) is 127 cm³/mol. The van der Waals surface area contributed by atoms with E-state index in [-0.39, 0.29) is 11.7 Å². The lowest BCUT2D eigenvalue weighted by molar-refractivity contribution is -0.115. The van der Waals surface area contributed by atoms with Gasteiger partial charge in [-0.1, -0.05) is 53.2 Å². The van der Waals surface area contributed by atoms with Gasteiger partial charge in [-0.15, -0.1) is 16.4 Å². The van der Waals surface area contributed by atoms with Crippen LogP contribution in [0.25, 0.3) is 11.4 Å². The maximum Gasteiger partial charge on any atom is 0.258 e. The lowest BCUT2D eigenvalue weighted by Gasteiger charge is -2.05. The molecule has 0 bridgehead atoms. The monoisotopic (exact) mass is 485 g/mol. The van der Waals surface area contributed by atoms with Crippen molar-refractivity contribution in [2.45, 2.75) is 18.6 Å². The number of carbonyl (C=O) groups is 1. The van der Waals surface area contributed by atoms with Crippen molar-refractivity contribution in [3.05, 3.63) is 75.0 Å². The molecule has 0 spiro atoms. The Morgan fingerprint density at radius 3 is 2.88 bits per heavy atom.